The van der Waals surface area contributed by atoms with Crippen molar-refractivity contribution in [2.24, 2.45) is 7.05 Å². The third-order valence-corrected chi connectivity index (χ3v) is 4.55. The third-order valence-electron chi connectivity index (χ3n) is 4.55. The topological polar surface area (TPSA) is 101 Å². The molecule has 3 aromatic heterocycles. The second kappa shape index (κ2) is 8.63. The quantitative estimate of drug-likeness (QED) is 0.402. The zero-order valence-corrected chi connectivity index (χ0v) is 16.5. The maximum absolute atomic E-state index is 5.97. The van der Waals surface area contributed by atoms with Crippen molar-refractivity contribution in [1.29, 1.82) is 0 Å². The van der Waals surface area contributed by atoms with Gasteiger partial charge in [-0.05, 0) is 41.1 Å². The number of aryl methyl sites for hydroxylation is 2. The molecular weight excluding hydrogens is 370 g/mol. The number of aromatic nitrogens is 9. The molecule has 0 saturated carbocycles. The van der Waals surface area contributed by atoms with E-state index in [0.29, 0.717) is 6.61 Å². The molecule has 0 bridgehead atoms. The molecule has 150 valence electrons. The van der Waals surface area contributed by atoms with Crippen LogP contribution in [0.3, 0.4) is 0 Å². The number of rotatable bonds is 9. The Balaban J connectivity index is 1.50. The van der Waals surface area contributed by atoms with E-state index in [1.54, 1.807) is 21.9 Å². The van der Waals surface area contributed by atoms with Crippen molar-refractivity contribution < 1.29 is 4.74 Å². The molecule has 0 radical (unpaired) electrons. The fourth-order valence-electron chi connectivity index (χ4n) is 3.01. The van der Waals surface area contributed by atoms with Gasteiger partial charge < -0.3 is 4.74 Å². The van der Waals surface area contributed by atoms with Crippen molar-refractivity contribution in [1.82, 2.24) is 44.8 Å². The van der Waals surface area contributed by atoms with Gasteiger partial charge in [-0.1, -0.05) is 19.8 Å². The minimum atomic E-state index is 0.302. The Hall–Kier alpha value is -3.56. The average Bonchev–Trinajstić information content (AvgIpc) is 3.48. The van der Waals surface area contributed by atoms with E-state index in [2.05, 4.69) is 32.6 Å². The van der Waals surface area contributed by atoms with Gasteiger partial charge in [0.25, 0.3) is 0 Å². The lowest BCUT2D eigenvalue weighted by Gasteiger charge is -2.08. The number of hydrogen-bond donors (Lipinski definition) is 0. The van der Waals surface area contributed by atoms with Gasteiger partial charge in [0, 0.05) is 19.5 Å². The Labute approximate surface area is 168 Å². The van der Waals surface area contributed by atoms with Crippen molar-refractivity contribution in [3.63, 3.8) is 0 Å². The first-order chi connectivity index (χ1) is 14.2. The zero-order valence-electron chi connectivity index (χ0n) is 16.5. The Kier molecular flexibility index (Phi) is 5.59. The highest BCUT2D eigenvalue weighted by molar-refractivity contribution is 5.36. The summed E-state index contributed by atoms with van der Waals surface area (Å²) in [5, 5.41) is 20.1. The van der Waals surface area contributed by atoms with Crippen LogP contribution in [0.1, 0.15) is 37.8 Å². The van der Waals surface area contributed by atoms with Crippen LogP contribution in [0.15, 0.2) is 42.9 Å². The van der Waals surface area contributed by atoms with Crippen molar-refractivity contribution in [2.75, 3.05) is 0 Å². The molecule has 0 aliphatic heterocycles. The maximum atomic E-state index is 5.97. The van der Waals surface area contributed by atoms with Crippen LogP contribution in [-0.2, 0) is 20.1 Å². The van der Waals surface area contributed by atoms with Crippen LogP contribution in [0, 0.1) is 0 Å². The van der Waals surface area contributed by atoms with Gasteiger partial charge in [0.2, 0.25) is 0 Å². The van der Waals surface area contributed by atoms with Crippen LogP contribution < -0.4 is 4.74 Å². The van der Waals surface area contributed by atoms with Crippen molar-refractivity contribution >= 4 is 0 Å². The molecule has 0 N–H and O–H groups in total. The summed E-state index contributed by atoms with van der Waals surface area (Å²) in [6.07, 6.45) is 7.55. The fraction of sp³-hybridized carbons (Fsp3) is 0.368. The highest BCUT2D eigenvalue weighted by Gasteiger charge is 2.15. The minimum Gasteiger partial charge on any atom is -0.486 e. The van der Waals surface area contributed by atoms with Gasteiger partial charge in [0.15, 0.2) is 17.5 Å². The fourth-order valence-corrected chi connectivity index (χ4v) is 3.01. The molecule has 0 amide bonds. The molecule has 29 heavy (non-hydrogen) atoms. The predicted octanol–water partition coefficient (Wildman–Crippen LogP) is 2.29. The number of unbranched alkanes of at least 4 members (excludes halogenated alkanes) is 2. The second-order valence-corrected chi connectivity index (χ2v) is 6.66. The first kappa shape index (κ1) is 18.8. The van der Waals surface area contributed by atoms with E-state index in [4.69, 9.17) is 9.72 Å². The maximum Gasteiger partial charge on any atom is 0.171 e. The van der Waals surface area contributed by atoms with Gasteiger partial charge in [-0.2, -0.15) is 9.78 Å². The molecule has 0 aliphatic carbocycles. The van der Waals surface area contributed by atoms with Crippen LogP contribution in [-0.4, -0.2) is 44.8 Å². The molecule has 0 aliphatic rings. The normalized spacial score (nSPS) is 11.1. The van der Waals surface area contributed by atoms with Crippen LogP contribution in [0.2, 0.25) is 0 Å². The second-order valence-electron chi connectivity index (χ2n) is 6.66. The number of nitrogens with zero attached hydrogens (tertiary/aromatic N) is 9. The molecule has 10 heteroatoms. The monoisotopic (exact) mass is 393 g/mol. The first-order valence-electron chi connectivity index (χ1n) is 9.64. The van der Waals surface area contributed by atoms with E-state index in [-0.39, 0.29) is 0 Å². The van der Waals surface area contributed by atoms with Crippen molar-refractivity contribution in [3.8, 4) is 17.3 Å². The molecule has 0 atom stereocenters. The van der Waals surface area contributed by atoms with Crippen LogP contribution in [0.4, 0.5) is 0 Å². The molecule has 0 saturated heterocycles. The minimum absolute atomic E-state index is 0.302. The summed E-state index contributed by atoms with van der Waals surface area (Å²) in [5.41, 5.74) is 0.860. The Morgan fingerprint density at radius 3 is 2.62 bits per heavy atom. The van der Waals surface area contributed by atoms with Crippen LogP contribution >= 0.6 is 0 Å². The average molecular weight is 393 g/mol. The van der Waals surface area contributed by atoms with E-state index in [1.165, 1.54) is 12.8 Å². The lowest BCUT2D eigenvalue weighted by Crippen LogP contribution is -2.10. The molecular formula is C19H23N9O. The molecule has 4 rings (SSSR count). The molecule has 0 fully saturated rings. The Morgan fingerprint density at radius 1 is 1.07 bits per heavy atom. The summed E-state index contributed by atoms with van der Waals surface area (Å²) in [6, 6.07) is 9.46. The third kappa shape index (κ3) is 4.31. The summed E-state index contributed by atoms with van der Waals surface area (Å²) in [5.74, 6) is 3.15. The summed E-state index contributed by atoms with van der Waals surface area (Å²) in [7, 11) is 1.89. The first-order valence-corrected chi connectivity index (χ1v) is 9.64. The van der Waals surface area contributed by atoms with Crippen LogP contribution in [0.5, 0.6) is 5.75 Å². The van der Waals surface area contributed by atoms with Crippen molar-refractivity contribution in [2.45, 2.75) is 39.2 Å². The molecule has 0 spiro atoms. The summed E-state index contributed by atoms with van der Waals surface area (Å²) < 4.78 is 11.1. The van der Waals surface area contributed by atoms with Gasteiger partial charge >= 0.3 is 0 Å². The largest absolute Gasteiger partial charge is 0.486 e. The predicted molar refractivity (Wildman–Crippen MR) is 105 cm³/mol. The highest BCUT2D eigenvalue weighted by atomic mass is 16.5. The summed E-state index contributed by atoms with van der Waals surface area (Å²) >= 11 is 0. The molecule has 4 aromatic rings. The Bertz CT molecular complexity index is 1030. The van der Waals surface area contributed by atoms with Gasteiger partial charge in [-0.15, -0.1) is 10.2 Å². The lowest BCUT2D eigenvalue weighted by atomic mass is 10.2. The Morgan fingerprint density at radius 2 is 1.93 bits per heavy atom. The molecule has 3 heterocycles. The van der Waals surface area contributed by atoms with E-state index in [0.717, 1.165) is 41.7 Å². The van der Waals surface area contributed by atoms with Gasteiger partial charge in [-0.3, -0.25) is 4.68 Å². The number of benzene rings is 1. The van der Waals surface area contributed by atoms with E-state index >= 15 is 0 Å². The van der Waals surface area contributed by atoms with Crippen LogP contribution in [0.25, 0.3) is 11.5 Å². The van der Waals surface area contributed by atoms with Gasteiger partial charge in [0.05, 0.1) is 11.9 Å². The number of tetrazole rings is 1. The van der Waals surface area contributed by atoms with E-state index in [1.807, 2.05) is 42.1 Å². The van der Waals surface area contributed by atoms with Gasteiger partial charge in [-0.25, -0.2) is 9.67 Å². The molecule has 1 aromatic carbocycles. The molecule has 0 unspecified atom stereocenters. The highest BCUT2D eigenvalue weighted by Crippen LogP contribution is 2.17. The number of ether oxygens (including phenoxy) is 1. The van der Waals surface area contributed by atoms with Crippen molar-refractivity contribution in [3.05, 3.63) is 54.5 Å². The summed E-state index contributed by atoms with van der Waals surface area (Å²) in [4.78, 5) is 4.71. The van der Waals surface area contributed by atoms with Gasteiger partial charge in [0.1, 0.15) is 18.7 Å². The standard InChI is InChI=1S/C19H23N9O/c1-3-4-5-6-17-22-18(28(23-17)19-11-12-21-26(19)2)13-29-16-9-7-15(8-10-16)27-14-20-24-25-27/h7-12,14H,3-6,13H2,1-2H3. The smallest absolute Gasteiger partial charge is 0.171 e. The SMILES string of the molecule is CCCCCc1nc(COc2ccc(-n3cnnn3)cc2)n(-c2ccnn2C)n1. The molecule has 10 nitrogen and oxygen atoms in total. The number of hydrogen-bond acceptors (Lipinski definition) is 7. The van der Waals surface area contributed by atoms with E-state index < -0.39 is 0 Å². The summed E-state index contributed by atoms with van der Waals surface area (Å²) in [6.45, 7) is 2.49. The zero-order chi connectivity index (χ0) is 20.1. The lowest BCUT2D eigenvalue weighted by molar-refractivity contribution is 0.292. The van der Waals surface area contributed by atoms with E-state index in [9.17, 15) is 0 Å².